The van der Waals surface area contributed by atoms with E-state index in [1.807, 2.05) is 0 Å². The summed E-state index contributed by atoms with van der Waals surface area (Å²) < 4.78 is 45.0. The van der Waals surface area contributed by atoms with Gasteiger partial charge < -0.3 is 14.9 Å². The first-order valence-electron chi connectivity index (χ1n) is 7.41. The fraction of sp³-hybridized carbons (Fsp3) is 0.312. The lowest BCUT2D eigenvalue weighted by Crippen LogP contribution is -2.29. The van der Waals surface area contributed by atoms with Gasteiger partial charge in [-0.2, -0.15) is 13.2 Å². The van der Waals surface area contributed by atoms with E-state index in [1.165, 1.54) is 20.2 Å². The van der Waals surface area contributed by atoms with Gasteiger partial charge in [-0.3, -0.25) is 9.48 Å². The number of rotatable bonds is 5. The third kappa shape index (κ3) is 3.95. The fourth-order valence-electron chi connectivity index (χ4n) is 2.31. The van der Waals surface area contributed by atoms with Crippen molar-refractivity contribution in [1.29, 1.82) is 0 Å². The second-order valence-corrected chi connectivity index (χ2v) is 5.24. The van der Waals surface area contributed by atoms with Gasteiger partial charge in [0.15, 0.2) is 5.71 Å². The molecule has 0 aliphatic carbocycles. The van der Waals surface area contributed by atoms with Gasteiger partial charge >= 0.3 is 6.18 Å². The highest BCUT2D eigenvalue weighted by Gasteiger charge is 2.35. The Morgan fingerprint density at radius 2 is 2.04 bits per heavy atom. The zero-order valence-corrected chi connectivity index (χ0v) is 14.5. The predicted octanol–water partition coefficient (Wildman–Crippen LogP) is 2.64. The molecule has 1 amide bonds. The molecule has 0 aliphatic rings. The molecule has 1 N–H and O–H groups in total. The molecule has 1 aromatic carbocycles. The van der Waals surface area contributed by atoms with Crippen LogP contribution in [0.1, 0.15) is 16.8 Å². The Morgan fingerprint density at radius 1 is 1.35 bits per heavy atom. The van der Waals surface area contributed by atoms with E-state index in [9.17, 15) is 18.0 Å². The number of aromatic nitrogens is 2. The molecule has 2 rings (SSSR count). The molecule has 0 radical (unpaired) electrons. The molecular weight excluding hydrogens is 353 g/mol. The highest BCUT2D eigenvalue weighted by atomic mass is 19.4. The number of carbonyl (C=O) groups is 1. The van der Waals surface area contributed by atoms with E-state index < -0.39 is 17.8 Å². The van der Waals surface area contributed by atoms with E-state index in [0.717, 1.165) is 13.1 Å². The highest BCUT2D eigenvalue weighted by Crippen LogP contribution is 2.33. The Balaban J connectivity index is 2.51. The van der Waals surface area contributed by atoms with Gasteiger partial charge in [0.1, 0.15) is 18.6 Å². The summed E-state index contributed by atoms with van der Waals surface area (Å²) >= 11 is 0. The van der Waals surface area contributed by atoms with E-state index in [2.05, 4.69) is 15.6 Å². The first-order chi connectivity index (χ1) is 12.2. The maximum Gasteiger partial charge on any atom is 0.433 e. The van der Waals surface area contributed by atoms with Crippen molar-refractivity contribution in [3.8, 4) is 11.6 Å². The van der Waals surface area contributed by atoms with Crippen LogP contribution in [0.5, 0.6) is 11.6 Å². The third-order valence-electron chi connectivity index (χ3n) is 3.46. The minimum atomic E-state index is -4.57. The van der Waals surface area contributed by atoms with Gasteiger partial charge in [0.25, 0.3) is 5.91 Å². The lowest BCUT2D eigenvalue weighted by atomic mass is 10.0. The molecular formula is C16H17F3N4O3. The van der Waals surface area contributed by atoms with Crippen LogP contribution in [0, 0.1) is 6.92 Å². The summed E-state index contributed by atoms with van der Waals surface area (Å²) in [4.78, 5) is 16.8. The minimum Gasteiger partial charge on any atom is -0.437 e. The van der Waals surface area contributed by atoms with Gasteiger partial charge in [-0.1, -0.05) is 17.3 Å². The van der Waals surface area contributed by atoms with Crippen molar-refractivity contribution in [1.82, 2.24) is 15.1 Å². The number of benzene rings is 1. The van der Waals surface area contributed by atoms with Gasteiger partial charge in [-0.25, -0.2) is 0 Å². The summed E-state index contributed by atoms with van der Waals surface area (Å²) in [6.07, 6.45) is -4.57. The first-order valence-corrected chi connectivity index (χ1v) is 7.41. The molecule has 0 aliphatic heterocycles. The third-order valence-corrected chi connectivity index (χ3v) is 3.46. The lowest BCUT2D eigenvalue weighted by molar-refractivity contribution is -0.143. The summed E-state index contributed by atoms with van der Waals surface area (Å²) in [5, 5.41) is 9.85. The molecule has 0 bridgehead atoms. The molecule has 140 valence electrons. The van der Waals surface area contributed by atoms with Crippen LogP contribution in [-0.4, -0.2) is 35.6 Å². The number of alkyl halides is 3. The van der Waals surface area contributed by atoms with Gasteiger partial charge in [0.05, 0.1) is 5.56 Å². The van der Waals surface area contributed by atoms with Gasteiger partial charge in [-0.05, 0) is 18.6 Å². The van der Waals surface area contributed by atoms with Crippen LogP contribution in [0.15, 0.2) is 29.4 Å². The van der Waals surface area contributed by atoms with Gasteiger partial charge in [0, 0.05) is 20.2 Å². The van der Waals surface area contributed by atoms with Crippen molar-refractivity contribution in [2.75, 3.05) is 14.2 Å². The van der Waals surface area contributed by atoms with Crippen LogP contribution in [0.2, 0.25) is 0 Å². The molecule has 0 saturated carbocycles. The minimum absolute atomic E-state index is 0.0740. The molecule has 2 aromatic rings. The number of halogens is 3. The number of nitrogens with zero attached hydrogens (tertiary/aromatic N) is 3. The molecule has 1 heterocycles. The number of oxime groups is 1. The summed E-state index contributed by atoms with van der Waals surface area (Å²) in [5.74, 6) is -0.681. The van der Waals surface area contributed by atoms with Gasteiger partial charge in [-0.15, -0.1) is 5.10 Å². The number of hydrogen-bond donors (Lipinski definition) is 1. The monoisotopic (exact) mass is 370 g/mol. The Morgan fingerprint density at radius 3 is 2.58 bits per heavy atom. The Bertz CT molecular complexity index is 844. The molecule has 0 saturated heterocycles. The SMILES string of the molecule is CNC(=O)/C(=N/OC)c1c(C)cccc1Oc1cc(C(F)(F)F)n(C)n1. The molecule has 0 atom stereocenters. The standard InChI is InChI=1S/C16H17F3N4O3/c1-9-6-5-7-10(13(9)14(22-25-4)15(24)20-2)26-12-8-11(16(17,18)19)23(3)21-12/h5-8H,1-4H3,(H,20,24)/b22-14+. The number of nitrogens with one attached hydrogen (secondary N) is 1. The maximum atomic E-state index is 12.9. The highest BCUT2D eigenvalue weighted by molar-refractivity contribution is 6.46. The largest absolute Gasteiger partial charge is 0.437 e. The van der Waals surface area contributed by atoms with Gasteiger partial charge in [0.2, 0.25) is 5.88 Å². The van der Waals surface area contributed by atoms with E-state index in [-0.39, 0.29) is 22.9 Å². The molecule has 26 heavy (non-hydrogen) atoms. The summed E-state index contributed by atoms with van der Waals surface area (Å²) in [7, 11) is 3.85. The predicted molar refractivity (Wildman–Crippen MR) is 87.1 cm³/mol. The number of aryl methyl sites for hydroxylation is 2. The zero-order chi connectivity index (χ0) is 19.5. The van der Waals surface area contributed by atoms with Crippen LogP contribution in [-0.2, 0) is 22.9 Å². The van der Waals surface area contributed by atoms with E-state index in [4.69, 9.17) is 9.57 Å². The zero-order valence-electron chi connectivity index (χ0n) is 14.5. The number of likely N-dealkylation sites (N-methyl/N-ethyl adjacent to an activating group) is 1. The number of carbonyl (C=O) groups excluding carboxylic acids is 1. The Labute approximate surface area is 147 Å². The average Bonchev–Trinajstić information content (AvgIpc) is 2.93. The van der Waals surface area contributed by atoms with Crippen molar-refractivity contribution in [3.63, 3.8) is 0 Å². The molecule has 10 heteroatoms. The smallest absolute Gasteiger partial charge is 0.433 e. The Hall–Kier alpha value is -3.04. The summed E-state index contributed by atoms with van der Waals surface area (Å²) in [6, 6.07) is 5.61. The van der Waals surface area contributed by atoms with E-state index >= 15 is 0 Å². The van der Waals surface area contributed by atoms with Crippen LogP contribution in [0.4, 0.5) is 13.2 Å². The number of hydrogen-bond acceptors (Lipinski definition) is 5. The average molecular weight is 370 g/mol. The summed E-state index contributed by atoms with van der Waals surface area (Å²) in [6.45, 7) is 1.70. The van der Waals surface area contributed by atoms with Crippen molar-refractivity contribution in [3.05, 3.63) is 41.1 Å². The molecule has 1 aromatic heterocycles. The van der Waals surface area contributed by atoms with Crippen molar-refractivity contribution < 1.29 is 27.5 Å². The van der Waals surface area contributed by atoms with E-state index in [0.29, 0.717) is 10.2 Å². The fourth-order valence-corrected chi connectivity index (χ4v) is 2.31. The lowest BCUT2D eigenvalue weighted by Gasteiger charge is -2.13. The second kappa shape index (κ2) is 7.46. The first kappa shape index (κ1) is 19.3. The van der Waals surface area contributed by atoms with Crippen LogP contribution in [0.25, 0.3) is 0 Å². The number of ether oxygens (including phenoxy) is 1. The molecule has 0 fully saturated rings. The summed E-state index contributed by atoms with van der Waals surface area (Å²) in [5.41, 5.74) is -0.129. The van der Waals surface area contributed by atoms with Crippen molar-refractivity contribution >= 4 is 11.6 Å². The topological polar surface area (TPSA) is 77.7 Å². The molecule has 0 spiro atoms. The van der Waals surface area contributed by atoms with Crippen LogP contribution >= 0.6 is 0 Å². The normalized spacial score (nSPS) is 12.0. The van der Waals surface area contributed by atoms with Crippen LogP contribution in [0.3, 0.4) is 0 Å². The van der Waals surface area contributed by atoms with E-state index in [1.54, 1.807) is 19.1 Å². The van der Waals surface area contributed by atoms with Crippen LogP contribution < -0.4 is 10.1 Å². The Kier molecular flexibility index (Phi) is 5.53. The second-order valence-electron chi connectivity index (χ2n) is 5.24. The quantitative estimate of drug-likeness (QED) is 0.648. The molecule has 7 nitrogen and oxygen atoms in total. The maximum absolute atomic E-state index is 12.9. The van der Waals surface area contributed by atoms with Crippen molar-refractivity contribution in [2.24, 2.45) is 12.2 Å². The van der Waals surface area contributed by atoms with Crippen molar-refractivity contribution in [2.45, 2.75) is 13.1 Å². The number of amides is 1. The molecule has 0 unspecified atom stereocenters.